The minimum atomic E-state index is -0.553. The summed E-state index contributed by atoms with van der Waals surface area (Å²) in [4.78, 5) is 35.9. The van der Waals surface area contributed by atoms with Crippen LogP contribution in [0.4, 0.5) is 4.79 Å². The Morgan fingerprint density at radius 3 is 2.42 bits per heavy atom. The molecule has 1 aromatic carbocycles. The molecule has 0 aliphatic heterocycles. The number of alkyl carbamates (subject to hydrolysis) is 1. The lowest BCUT2D eigenvalue weighted by Crippen LogP contribution is -2.45. The van der Waals surface area contributed by atoms with Crippen molar-refractivity contribution in [3.05, 3.63) is 35.9 Å². The molecule has 1 aromatic rings. The van der Waals surface area contributed by atoms with Gasteiger partial charge in [0.05, 0.1) is 6.42 Å². The number of amides is 3. The van der Waals surface area contributed by atoms with Gasteiger partial charge in [-0.25, -0.2) is 4.79 Å². The lowest BCUT2D eigenvalue weighted by molar-refractivity contribution is -0.130. The van der Waals surface area contributed by atoms with Gasteiger partial charge in [-0.1, -0.05) is 30.3 Å². The van der Waals surface area contributed by atoms with Crippen molar-refractivity contribution >= 4 is 17.9 Å². The molecule has 1 aliphatic carbocycles. The molecule has 0 radical (unpaired) electrons. The number of hydrazine groups is 1. The number of nitrogens with one attached hydrogen (secondary N) is 3. The minimum Gasteiger partial charge on any atom is -0.444 e. The maximum Gasteiger partial charge on any atom is 0.407 e. The second-order valence-corrected chi connectivity index (χ2v) is 7.55. The topological polar surface area (TPSA) is 96.5 Å². The van der Waals surface area contributed by atoms with Gasteiger partial charge in [0.2, 0.25) is 11.8 Å². The van der Waals surface area contributed by atoms with Gasteiger partial charge in [-0.2, -0.15) is 0 Å². The molecule has 1 saturated carbocycles. The lowest BCUT2D eigenvalue weighted by atomic mass is 10.1. The van der Waals surface area contributed by atoms with Crippen LogP contribution in [-0.4, -0.2) is 29.6 Å². The largest absolute Gasteiger partial charge is 0.444 e. The van der Waals surface area contributed by atoms with Crippen LogP contribution in [0.1, 0.15) is 45.6 Å². The van der Waals surface area contributed by atoms with Gasteiger partial charge in [-0.3, -0.25) is 20.4 Å². The average Bonchev–Trinajstić information content (AvgIpc) is 3.00. The maximum absolute atomic E-state index is 12.2. The van der Waals surface area contributed by atoms with Crippen LogP contribution in [0, 0.1) is 5.92 Å². The minimum absolute atomic E-state index is 0.0966. The zero-order valence-electron chi connectivity index (χ0n) is 15.5. The standard InChI is InChI=1S/C19H27N3O4/c1-19(2,3)26-18(25)20-15-10-9-14(12-15)17(24)22-21-16(23)11-13-7-5-4-6-8-13/h4-8,14-15H,9-12H2,1-3H3,(H,20,25)(H,21,23)(H,22,24). The van der Waals surface area contributed by atoms with E-state index in [1.165, 1.54) is 0 Å². The number of carbonyl (C=O) groups is 3. The summed E-state index contributed by atoms with van der Waals surface area (Å²) >= 11 is 0. The van der Waals surface area contributed by atoms with Gasteiger partial charge in [0.1, 0.15) is 5.60 Å². The fourth-order valence-electron chi connectivity index (χ4n) is 2.88. The predicted octanol–water partition coefficient (Wildman–Crippen LogP) is 2.07. The Bertz CT molecular complexity index is 640. The van der Waals surface area contributed by atoms with Gasteiger partial charge >= 0.3 is 6.09 Å². The van der Waals surface area contributed by atoms with Crippen LogP contribution >= 0.6 is 0 Å². The molecule has 3 N–H and O–H groups in total. The summed E-state index contributed by atoms with van der Waals surface area (Å²) in [6, 6.07) is 9.21. The summed E-state index contributed by atoms with van der Waals surface area (Å²) in [6.45, 7) is 5.40. The lowest BCUT2D eigenvalue weighted by Gasteiger charge is -2.21. The van der Waals surface area contributed by atoms with E-state index in [0.29, 0.717) is 19.3 Å². The van der Waals surface area contributed by atoms with E-state index in [2.05, 4.69) is 16.2 Å². The van der Waals surface area contributed by atoms with E-state index in [-0.39, 0.29) is 30.2 Å². The number of hydrogen-bond donors (Lipinski definition) is 3. The second-order valence-electron chi connectivity index (χ2n) is 7.55. The summed E-state index contributed by atoms with van der Waals surface area (Å²) in [5, 5.41) is 2.79. The molecule has 2 unspecified atom stereocenters. The van der Waals surface area contributed by atoms with E-state index >= 15 is 0 Å². The average molecular weight is 361 g/mol. The van der Waals surface area contributed by atoms with Crippen LogP contribution in [-0.2, 0) is 20.7 Å². The molecule has 0 aromatic heterocycles. The van der Waals surface area contributed by atoms with Crippen molar-refractivity contribution in [3.63, 3.8) is 0 Å². The van der Waals surface area contributed by atoms with Crippen molar-refractivity contribution in [1.82, 2.24) is 16.2 Å². The van der Waals surface area contributed by atoms with E-state index in [9.17, 15) is 14.4 Å². The van der Waals surface area contributed by atoms with Crippen LogP contribution in [0.5, 0.6) is 0 Å². The Labute approximate surface area is 153 Å². The third kappa shape index (κ3) is 6.74. The molecular weight excluding hydrogens is 334 g/mol. The molecule has 0 heterocycles. The monoisotopic (exact) mass is 361 g/mol. The number of hydrogen-bond acceptors (Lipinski definition) is 4. The highest BCUT2D eigenvalue weighted by atomic mass is 16.6. The molecule has 142 valence electrons. The molecule has 3 amide bonds. The van der Waals surface area contributed by atoms with Gasteiger partial charge in [0.15, 0.2) is 0 Å². The highest BCUT2D eigenvalue weighted by molar-refractivity contribution is 5.84. The Morgan fingerprint density at radius 1 is 1.08 bits per heavy atom. The highest BCUT2D eigenvalue weighted by Gasteiger charge is 2.32. The SMILES string of the molecule is CC(C)(C)OC(=O)NC1CCC(C(=O)NNC(=O)Cc2ccccc2)C1. The van der Waals surface area contributed by atoms with Gasteiger partial charge in [-0.05, 0) is 45.6 Å². The van der Waals surface area contributed by atoms with E-state index in [0.717, 1.165) is 5.56 Å². The van der Waals surface area contributed by atoms with Crippen LogP contribution in [0.3, 0.4) is 0 Å². The third-order valence-electron chi connectivity index (χ3n) is 4.06. The highest BCUT2D eigenvalue weighted by Crippen LogP contribution is 2.25. The Morgan fingerprint density at radius 2 is 1.77 bits per heavy atom. The molecule has 7 heteroatoms. The van der Waals surface area contributed by atoms with E-state index in [1.807, 2.05) is 30.3 Å². The first-order valence-corrected chi connectivity index (χ1v) is 8.85. The first-order valence-electron chi connectivity index (χ1n) is 8.85. The fourth-order valence-corrected chi connectivity index (χ4v) is 2.88. The summed E-state index contributed by atoms with van der Waals surface area (Å²) in [6.07, 6.45) is 1.62. The normalized spacial score (nSPS) is 19.5. The van der Waals surface area contributed by atoms with Crippen LogP contribution < -0.4 is 16.2 Å². The molecule has 0 bridgehead atoms. The Hall–Kier alpha value is -2.57. The molecule has 7 nitrogen and oxygen atoms in total. The summed E-state index contributed by atoms with van der Waals surface area (Å²) in [7, 11) is 0. The van der Waals surface area contributed by atoms with Gasteiger partial charge < -0.3 is 10.1 Å². The van der Waals surface area contributed by atoms with Gasteiger partial charge in [0.25, 0.3) is 0 Å². The molecule has 1 aliphatic rings. The van der Waals surface area contributed by atoms with E-state index < -0.39 is 11.7 Å². The zero-order chi connectivity index (χ0) is 19.2. The van der Waals surface area contributed by atoms with Crippen molar-refractivity contribution in [3.8, 4) is 0 Å². The zero-order valence-corrected chi connectivity index (χ0v) is 15.5. The van der Waals surface area contributed by atoms with Crippen molar-refractivity contribution < 1.29 is 19.1 Å². The van der Waals surface area contributed by atoms with Crippen molar-refractivity contribution in [1.29, 1.82) is 0 Å². The number of benzene rings is 1. The summed E-state index contributed by atoms with van der Waals surface area (Å²) in [5.74, 6) is -0.752. The fraction of sp³-hybridized carbons (Fsp3) is 0.526. The van der Waals surface area contributed by atoms with Crippen molar-refractivity contribution in [2.45, 2.75) is 58.1 Å². The molecule has 2 atom stereocenters. The molecular formula is C19H27N3O4. The summed E-state index contributed by atoms with van der Waals surface area (Å²) < 4.78 is 5.22. The van der Waals surface area contributed by atoms with Crippen LogP contribution in [0.25, 0.3) is 0 Å². The first-order chi connectivity index (χ1) is 12.2. The quantitative estimate of drug-likeness (QED) is 0.715. The van der Waals surface area contributed by atoms with Crippen molar-refractivity contribution in [2.24, 2.45) is 5.92 Å². The first kappa shape index (κ1) is 19.8. The number of rotatable bonds is 4. The van der Waals surface area contributed by atoms with E-state index in [4.69, 9.17) is 4.74 Å². The van der Waals surface area contributed by atoms with Gasteiger partial charge in [-0.15, -0.1) is 0 Å². The molecule has 2 rings (SSSR count). The Kier molecular flexibility index (Phi) is 6.60. The van der Waals surface area contributed by atoms with Crippen LogP contribution in [0.15, 0.2) is 30.3 Å². The molecule has 0 saturated heterocycles. The van der Waals surface area contributed by atoms with E-state index in [1.54, 1.807) is 20.8 Å². The summed E-state index contributed by atoms with van der Waals surface area (Å²) in [5.41, 5.74) is 5.24. The molecule has 0 spiro atoms. The predicted molar refractivity (Wildman–Crippen MR) is 96.9 cm³/mol. The second kappa shape index (κ2) is 8.69. The smallest absolute Gasteiger partial charge is 0.407 e. The Balaban J connectivity index is 1.70. The maximum atomic E-state index is 12.2. The van der Waals surface area contributed by atoms with Crippen molar-refractivity contribution in [2.75, 3.05) is 0 Å². The van der Waals surface area contributed by atoms with Gasteiger partial charge in [0, 0.05) is 12.0 Å². The van der Waals surface area contributed by atoms with Crippen LogP contribution in [0.2, 0.25) is 0 Å². The third-order valence-corrected chi connectivity index (χ3v) is 4.06. The molecule has 1 fully saturated rings. The molecule has 26 heavy (non-hydrogen) atoms. The number of carbonyl (C=O) groups excluding carboxylic acids is 3. The number of ether oxygens (including phenoxy) is 1.